The van der Waals surface area contributed by atoms with Gasteiger partial charge in [0.05, 0.1) is 12.6 Å². The highest BCUT2D eigenvalue weighted by Crippen LogP contribution is 2.35. The van der Waals surface area contributed by atoms with Crippen molar-refractivity contribution >= 4 is 16.6 Å². The van der Waals surface area contributed by atoms with Crippen molar-refractivity contribution in [3.05, 3.63) is 88.1 Å². The van der Waals surface area contributed by atoms with Gasteiger partial charge in [-0.1, -0.05) is 18.2 Å². The highest BCUT2D eigenvalue weighted by molar-refractivity contribution is 5.92. The number of pyridine rings is 1. The molecule has 3 heterocycles. The van der Waals surface area contributed by atoms with E-state index >= 15 is 0 Å². The fourth-order valence-corrected chi connectivity index (χ4v) is 4.24. The number of methoxy groups -OCH3 is 1. The molecule has 2 N–H and O–H groups in total. The Morgan fingerprint density at radius 1 is 1.09 bits per heavy atom. The summed E-state index contributed by atoms with van der Waals surface area (Å²) in [6, 6.07) is 18.5. The van der Waals surface area contributed by atoms with Crippen molar-refractivity contribution < 1.29 is 4.74 Å². The maximum absolute atomic E-state index is 12.4. The van der Waals surface area contributed by atoms with Gasteiger partial charge in [0.2, 0.25) is 0 Å². The Kier molecular flexibility index (Phi) is 5.03. The number of aromatic amines is 1. The first-order chi connectivity index (χ1) is 15.5. The first kappa shape index (κ1) is 20.1. The van der Waals surface area contributed by atoms with E-state index in [1.807, 2.05) is 50.5 Å². The van der Waals surface area contributed by atoms with Gasteiger partial charge in [-0.25, -0.2) is 14.3 Å². The third-order valence-electron chi connectivity index (χ3n) is 5.95. The smallest absolute Gasteiger partial charge is 0.348 e. The molecule has 3 aromatic heterocycles. The second-order valence-corrected chi connectivity index (χ2v) is 8.03. The predicted octanol–water partition coefficient (Wildman–Crippen LogP) is 3.79. The van der Waals surface area contributed by atoms with Gasteiger partial charge < -0.3 is 14.6 Å². The molecule has 0 aliphatic rings. The molecule has 0 saturated heterocycles. The number of hydrogen-bond donors (Lipinski definition) is 2. The molecule has 0 radical (unpaired) electrons. The third-order valence-corrected chi connectivity index (χ3v) is 5.95. The molecular weight excluding hydrogens is 402 g/mol. The number of ether oxygens (including phenoxy) is 1. The molecule has 0 fully saturated rings. The fourth-order valence-electron chi connectivity index (χ4n) is 4.24. The maximum Gasteiger partial charge on any atom is 0.348 e. The highest BCUT2D eigenvalue weighted by Gasteiger charge is 2.14. The second kappa shape index (κ2) is 8.01. The van der Waals surface area contributed by atoms with E-state index in [-0.39, 0.29) is 5.69 Å². The zero-order chi connectivity index (χ0) is 22.2. The first-order valence-corrected chi connectivity index (χ1v) is 10.5. The maximum atomic E-state index is 12.4. The lowest BCUT2D eigenvalue weighted by Gasteiger charge is -2.14. The van der Waals surface area contributed by atoms with E-state index in [0.29, 0.717) is 5.65 Å². The summed E-state index contributed by atoms with van der Waals surface area (Å²) in [5.41, 5.74) is 6.58. The van der Waals surface area contributed by atoms with Crippen LogP contribution in [0.4, 0.5) is 0 Å². The van der Waals surface area contributed by atoms with E-state index in [4.69, 9.17) is 4.74 Å². The van der Waals surface area contributed by atoms with Crippen molar-refractivity contribution in [3.63, 3.8) is 0 Å². The number of aryl methyl sites for hydroxylation is 2. The number of aromatic nitrogens is 4. The number of rotatable bonds is 6. The Balaban J connectivity index is 1.54. The summed E-state index contributed by atoms with van der Waals surface area (Å²) in [5, 5.41) is 11.1. The van der Waals surface area contributed by atoms with Gasteiger partial charge in [0, 0.05) is 43.0 Å². The zero-order valence-electron chi connectivity index (χ0n) is 18.3. The molecule has 32 heavy (non-hydrogen) atoms. The summed E-state index contributed by atoms with van der Waals surface area (Å²) in [4.78, 5) is 12.4. The SMILES string of the molecule is COc1cc2c(C)cc3n[nH]c(=O)n3c2cc1-c1cccc(CNCc2cccn2C)c1. The molecule has 5 rings (SSSR count). The summed E-state index contributed by atoms with van der Waals surface area (Å²) in [5.74, 6) is 0.769. The molecule has 162 valence electrons. The lowest BCUT2D eigenvalue weighted by molar-refractivity contribution is 0.417. The summed E-state index contributed by atoms with van der Waals surface area (Å²) >= 11 is 0. The lowest BCUT2D eigenvalue weighted by Crippen LogP contribution is -2.14. The van der Waals surface area contributed by atoms with Crippen molar-refractivity contribution in [3.8, 4) is 16.9 Å². The quantitative estimate of drug-likeness (QED) is 0.432. The van der Waals surface area contributed by atoms with Crippen LogP contribution < -0.4 is 15.7 Å². The van der Waals surface area contributed by atoms with Crippen LogP contribution in [0.2, 0.25) is 0 Å². The van der Waals surface area contributed by atoms with Gasteiger partial charge in [-0.15, -0.1) is 0 Å². The summed E-state index contributed by atoms with van der Waals surface area (Å²) in [6.07, 6.45) is 2.05. The van der Waals surface area contributed by atoms with Crippen LogP contribution in [0.5, 0.6) is 5.75 Å². The van der Waals surface area contributed by atoms with Crippen molar-refractivity contribution in [2.24, 2.45) is 7.05 Å². The van der Waals surface area contributed by atoms with Crippen LogP contribution in [-0.2, 0) is 20.1 Å². The third kappa shape index (κ3) is 3.46. The van der Waals surface area contributed by atoms with Gasteiger partial charge in [0.15, 0.2) is 5.65 Å². The molecule has 0 bridgehead atoms. The number of fused-ring (bicyclic) bond motifs is 3. The monoisotopic (exact) mass is 427 g/mol. The van der Waals surface area contributed by atoms with E-state index in [0.717, 1.165) is 46.4 Å². The summed E-state index contributed by atoms with van der Waals surface area (Å²) < 4.78 is 9.46. The molecule has 0 aliphatic carbocycles. The Morgan fingerprint density at radius 2 is 1.97 bits per heavy atom. The zero-order valence-corrected chi connectivity index (χ0v) is 18.3. The van der Waals surface area contributed by atoms with Crippen molar-refractivity contribution in [1.29, 1.82) is 0 Å². The molecule has 5 aromatic rings. The van der Waals surface area contributed by atoms with Crippen LogP contribution in [0.3, 0.4) is 0 Å². The number of H-pyrrole nitrogens is 1. The standard InChI is InChI=1S/C25H25N5O2/c1-16-10-24-27-28-25(31)30(24)22-12-21(23(32-3)13-20(16)22)18-7-4-6-17(11-18)14-26-15-19-8-5-9-29(19)2/h4-13,26H,14-15H2,1-3H3,(H,28,31). The Hall–Kier alpha value is -3.84. The molecule has 0 unspecified atom stereocenters. The van der Waals surface area contributed by atoms with E-state index in [9.17, 15) is 4.79 Å². The molecular formula is C25H25N5O2. The lowest BCUT2D eigenvalue weighted by atomic mass is 9.99. The minimum absolute atomic E-state index is 0.250. The molecule has 0 saturated carbocycles. The summed E-state index contributed by atoms with van der Waals surface area (Å²) in [7, 11) is 3.72. The number of hydrogen-bond acceptors (Lipinski definition) is 4. The Labute approximate surface area is 185 Å². The topological polar surface area (TPSA) is 76.3 Å². The van der Waals surface area contributed by atoms with Gasteiger partial charge in [0.25, 0.3) is 0 Å². The van der Waals surface area contributed by atoms with Crippen LogP contribution in [-0.4, -0.2) is 26.3 Å². The predicted molar refractivity (Wildman–Crippen MR) is 126 cm³/mol. The van der Waals surface area contributed by atoms with Crippen molar-refractivity contribution in [2.75, 3.05) is 7.11 Å². The van der Waals surface area contributed by atoms with Crippen molar-refractivity contribution in [1.82, 2.24) is 24.5 Å². The molecule has 7 nitrogen and oxygen atoms in total. The number of nitrogens with zero attached hydrogens (tertiary/aromatic N) is 3. The first-order valence-electron chi connectivity index (χ1n) is 10.5. The van der Waals surface area contributed by atoms with Crippen LogP contribution in [0.15, 0.2) is 65.6 Å². The molecule has 0 aliphatic heterocycles. The molecule has 0 spiro atoms. The highest BCUT2D eigenvalue weighted by atomic mass is 16.5. The van der Waals surface area contributed by atoms with E-state index in [1.54, 1.807) is 11.5 Å². The van der Waals surface area contributed by atoms with Gasteiger partial charge in [-0.05, 0) is 60.0 Å². The molecule has 0 amide bonds. The average molecular weight is 428 g/mol. The van der Waals surface area contributed by atoms with E-state index < -0.39 is 0 Å². The number of nitrogens with one attached hydrogen (secondary N) is 2. The average Bonchev–Trinajstić information content (AvgIpc) is 3.38. The normalized spacial score (nSPS) is 11.5. The van der Waals surface area contributed by atoms with E-state index in [2.05, 4.69) is 44.3 Å². The fraction of sp³-hybridized carbons (Fsp3) is 0.200. The van der Waals surface area contributed by atoms with Gasteiger partial charge in [-0.3, -0.25) is 0 Å². The minimum Gasteiger partial charge on any atom is -0.496 e. The summed E-state index contributed by atoms with van der Waals surface area (Å²) in [6.45, 7) is 3.56. The second-order valence-electron chi connectivity index (χ2n) is 8.03. The Morgan fingerprint density at radius 3 is 2.75 bits per heavy atom. The molecule has 7 heteroatoms. The molecule has 0 atom stereocenters. The minimum atomic E-state index is -0.250. The molecule has 2 aromatic carbocycles. The van der Waals surface area contributed by atoms with Crippen LogP contribution >= 0.6 is 0 Å². The number of benzene rings is 2. The van der Waals surface area contributed by atoms with Gasteiger partial charge in [0.1, 0.15) is 5.75 Å². The van der Waals surface area contributed by atoms with Gasteiger partial charge >= 0.3 is 5.69 Å². The van der Waals surface area contributed by atoms with Crippen LogP contribution in [0.1, 0.15) is 16.8 Å². The van der Waals surface area contributed by atoms with E-state index in [1.165, 1.54) is 11.3 Å². The largest absolute Gasteiger partial charge is 0.496 e. The Bertz CT molecular complexity index is 1490. The van der Waals surface area contributed by atoms with Crippen LogP contribution in [0, 0.1) is 6.92 Å². The van der Waals surface area contributed by atoms with Gasteiger partial charge in [-0.2, -0.15) is 5.10 Å². The van der Waals surface area contributed by atoms with Crippen LogP contribution in [0.25, 0.3) is 27.7 Å². The van der Waals surface area contributed by atoms with Crippen molar-refractivity contribution in [2.45, 2.75) is 20.0 Å².